The highest BCUT2D eigenvalue weighted by molar-refractivity contribution is 14.1. The van der Waals surface area contributed by atoms with Crippen LogP contribution in [-0.4, -0.2) is 47.5 Å². The third-order valence-electron chi connectivity index (χ3n) is 3.52. The Morgan fingerprint density at radius 3 is 2.81 bits per heavy atom. The first kappa shape index (κ1) is 16.0. The molecular weight excluding hydrogens is 383 g/mol. The lowest BCUT2D eigenvalue weighted by atomic mass is 10.0. The summed E-state index contributed by atoms with van der Waals surface area (Å²) in [6.45, 7) is 2.12. The molecule has 0 atom stereocenters. The molecule has 1 aliphatic heterocycles. The van der Waals surface area contributed by atoms with Gasteiger partial charge in [0.25, 0.3) is 5.91 Å². The fourth-order valence-electron chi connectivity index (χ4n) is 2.39. The van der Waals surface area contributed by atoms with Crippen molar-refractivity contribution in [1.29, 1.82) is 0 Å². The predicted octanol–water partition coefficient (Wildman–Crippen LogP) is 1.23. The number of amidine groups is 1. The smallest absolute Gasteiger partial charge is 0.251 e. The lowest BCUT2D eigenvalue weighted by Gasteiger charge is -2.31. The average molecular weight is 402 g/mol. The molecule has 0 aliphatic carbocycles. The van der Waals surface area contributed by atoms with Crippen molar-refractivity contribution in [2.45, 2.75) is 18.9 Å². The van der Waals surface area contributed by atoms with Gasteiger partial charge in [-0.25, -0.2) is 0 Å². The van der Waals surface area contributed by atoms with E-state index in [2.05, 4.69) is 38.0 Å². The lowest BCUT2D eigenvalue weighted by molar-refractivity contribution is 0.0914. The molecule has 0 spiro atoms. The van der Waals surface area contributed by atoms with E-state index in [-0.39, 0.29) is 17.8 Å². The van der Waals surface area contributed by atoms with Crippen LogP contribution in [-0.2, 0) is 0 Å². The molecule has 1 fully saturated rings. The molecule has 0 radical (unpaired) electrons. The minimum absolute atomic E-state index is 0.0246. The monoisotopic (exact) mass is 402 g/mol. The lowest BCUT2D eigenvalue weighted by Crippen LogP contribution is -2.46. The maximum absolute atomic E-state index is 12.2. The number of nitrogens with two attached hydrogens (primary N) is 1. The number of likely N-dealkylation sites (tertiary alicyclic amines) is 1. The molecule has 21 heavy (non-hydrogen) atoms. The van der Waals surface area contributed by atoms with Crippen molar-refractivity contribution >= 4 is 34.3 Å². The van der Waals surface area contributed by atoms with E-state index in [1.54, 1.807) is 0 Å². The van der Waals surface area contributed by atoms with Crippen LogP contribution in [0.5, 0.6) is 0 Å². The second-order valence-corrected chi connectivity index (χ2v) is 6.37. The molecule has 0 saturated carbocycles. The normalized spacial score (nSPS) is 17.7. The number of hydrogen-bond donors (Lipinski definition) is 3. The van der Waals surface area contributed by atoms with E-state index in [1.807, 2.05) is 24.3 Å². The Hall–Kier alpha value is -1.35. The molecule has 0 bridgehead atoms. The third-order valence-corrected chi connectivity index (χ3v) is 4.19. The Morgan fingerprint density at radius 1 is 1.48 bits per heavy atom. The summed E-state index contributed by atoms with van der Waals surface area (Å²) in [7, 11) is 0. The van der Waals surface area contributed by atoms with Gasteiger partial charge in [-0.3, -0.25) is 9.69 Å². The van der Waals surface area contributed by atoms with Crippen molar-refractivity contribution in [3.8, 4) is 0 Å². The fourth-order valence-corrected chi connectivity index (χ4v) is 2.94. The summed E-state index contributed by atoms with van der Waals surface area (Å²) >= 11 is 2.20. The number of piperidine rings is 1. The largest absolute Gasteiger partial charge is 0.409 e. The second-order valence-electron chi connectivity index (χ2n) is 5.13. The van der Waals surface area contributed by atoms with Crippen molar-refractivity contribution in [2.24, 2.45) is 10.9 Å². The van der Waals surface area contributed by atoms with Gasteiger partial charge in [0.2, 0.25) is 0 Å². The van der Waals surface area contributed by atoms with E-state index in [0.717, 1.165) is 29.5 Å². The number of hydrogen-bond acceptors (Lipinski definition) is 4. The minimum Gasteiger partial charge on any atom is -0.409 e. The van der Waals surface area contributed by atoms with E-state index in [4.69, 9.17) is 10.9 Å². The molecule has 1 aromatic rings. The molecular formula is C14H19IN4O2. The maximum Gasteiger partial charge on any atom is 0.251 e. The second kappa shape index (κ2) is 7.60. The van der Waals surface area contributed by atoms with Crippen LogP contribution >= 0.6 is 22.6 Å². The van der Waals surface area contributed by atoms with Crippen LogP contribution in [0.2, 0.25) is 0 Å². The van der Waals surface area contributed by atoms with Gasteiger partial charge in [0.15, 0.2) is 5.84 Å². The Balaban J connectivity index is 1.82. The number of benzene rings is 1. The van der Waals surface area contributed by atoms with E-state index in [9.17, 15) is 4.79 Å². The topological polar surface area (TPSA) is 91.0 Å². The van der Waals surface area contributed by atoms with E-state index >= 15 is 0 Å². The minimum atomic E-state index is -0.0246. The van der Waals surface area contributed by atoms with Crippen LogP contribution in [0, 0.1) is 3.57 Å². The Labute approximate surface area is 137 Å². The summed E-state index contributed by atoms with van der Waals surface area (Å²) in [5, 5.41) is 14.6. The summed E-state index contributed by atoms with van der Waals surface area (Å²) in [5.74, 6) is 0.194. The highest BCUT2D eigenvalue weighted by atomic mass is 127. The quantitative estimate of drug-likeness (QED) is 0.232. The Morgan fingerprint density at radius 2 is 2.19 bits per heavy atom. The highest BCUT2D eigenvalue weighted by Gasteiger charge is 2.21. The predicted molar refractivity (Wildman–Crippen MR) is 89.5 cm³/mol. The van der Waals surface area contributed by atoms with Gasteiger partial charge >= 0.3 is 0 Å². The van der Waals surface area contributed by atoms with Gasteiger partial charge in [-0.05, 0) is 53.6 Å². The SMILES string of the molecule is NC(CN1CCC(NC(=O)c2cccc(I)c2)CC1)=NO. The first-order valence-corrected chi connectivity index (χ1v) is 7.91. The number of amides is 1. The molecule has 0 aromatic heterocycles. The zero-order chi connectivity index (χ0) is 15.2. The van der Waals surface area contributed by atoms with Crippen LogP contribution in [0.3, 0.4) is 0 Å². The first-order chi connectivity index (χ1) is 10.1. The summed E-state index contributed by atoms with van der Waals surface area (Å²) in [5.41, 5.74) is 6.19. The fraction of sp³-hybridized carbons (Fsp3) is 0.429. The van der Waals surface area contributed by atoms with E-state index in [0.29, 0.717) is 12.1 Å². The van der Waals surface area contributed by atoms with Crippen LogP contribution in [0.4, 0.5) is 0 Å². The van der Waals surface area contributed by atoms with Gasteiger partial charge in [-0.2, -0.15) is 0 Å². The van der Waals surface area contributed by atoms with Crippen LogP contribution in [0.15, 0.2) is 29.4 Å². The molecule has 1 aliphatic rings. The van der Waals surface area contributed by atoms with Crippen molar-refractivity contribution in [2.75, 3.05) is 19.6 Å². The summed E-state index contributed by atoms with van der Waals surface area (Å²) in [4.78, 5) is 14.3. The molecule has 1 amide bonds. The van der Waals surface area contributed by atoms with E-state index < -0.39 is 0 Å². The number of halogens is 1. The summed E-state index contributed by atoms with van der Waals surface area (Å²) < 4.78 is 1.05. The van der Waals surface area contributed by atoms with Gasteiger partial charge in [0, 0.05) is 28.3 Å². The van der Waals surface area contributed by atoms with Crippen LogP contribution in [0.25, 0.3) is 0 Å². The maximum atomic E-state index is 12.2. The van der Waals surface area contributed by atoms with Crippen molar-refractivity contribution in [3.63, 3.8) is 0 Å². The molecule has 7 heteroatoms. The van der Waals surface area contributed by atoms with Gasteiger partial charge in [-0.1, -0.05) is 11.2 Å². The highest BCUT2D eigenvalue weighted by Crippen LogP contribution is 2.12. The van der Waals surface area contributed by atoms with Crippen molar-refractivity contribution < 1.29 is 10.0 Å². The number of rotatable bonds is 4. The zero-order valence-electron chi connectivity index (χ0n) is 11.6. The zero-order valence-corrected chi connectivity index (χ0v) is 13.8. The first-order valence-electron chi connectivity index (χ1n) is 6.83. The summed E-state index contributed by atoms with van der Waals surface area (Å²) in [6.07, 6.45) is 1.74. The number of carbonyl (C=O) groups is 1. The van der Waals surface area contributed by atoms with Gasteiger partial charge in [0.05, 0.1) is 6.54 Å². The third kappa shape index (κ3) is 4.85. The van der Waals surface area contributed by atoms with Gasteiger partial charge in [0.1, 0.15) is 0 Å². The molecule has 114 valence electrons. The van der Waals surface area contributed by atoms with Crippen molar-refractivity contribution in [3.05, 3.63) is 33.4 Å². The molecule has 2 rings (SSSR count). The molecule has 0 unspecified atom stereocenters. The molecule has 1 saturated heterocycles. The number of nitrogens with one attached hydrogen (secondary N) is 1. The van der Waals surface area contributed by atoms with Gasteiger partial charge in [-0.15, -0.1) is 0 Å². The Kier molecular flexibility index (Phi) is 5.80. The standard InChI is InChI=1S/C14H19IN4O2/c15-11-3-1-2-10(8-11)14(20)17-12-4-6-19(7-5-12)9-13(16)18-21/h1-3,8,12,21H,4-7,9H2,(H2,16,18)(H,17,20). The van der Waals surface area contributed by atoms with Crippen LogP contribution < -0.4 is 11.1 Å². The number of nitrogens with zero attached hydrogens (tertiary/aromatic N) is 2. The number of oxime groups is 1. The number of carbonyl (C=O) groups excluding carboxylic acids is 1. The van der Waals surface area contributed by atoms with E-state index in [1.165, 1.54) is 0 Å². The molecule has 4 N–H and O–H groups in total. The molecule has 1 aromatic carbocycles. The molecule has 1 heterocycles. The summed E-state index contributed by atoms with van der Waals surface area (Å²) in [6, 6.07) is 7.73. The van der Waals surface area contributed by atoms with Crippen LogP contribution in [0.1, 0.15) is 23.2 Å². The Bertz CT molecular complexity index is 527. The molecule has 6 nitrogen and oxygen atoms in total. The van der Waals surface area contributed by atoms with Crippen molar-refractivity contribution in [1.82, 2.24) is 10.2 Å². The van der Waals surface area contributed by atoms with Gasteiger partial charge < -0.3 is 16.3 Å². The average Bonchev–Trinajstić information content (AvgIpc) is 2.49.